The van der Waals surface area contributed by atoms with Crippen LogP contribution in [0.2, 0.25) is 0 Å². The van der Waals surface area contributed by atoms with Crippen molar-refractivity contribution >= 4 is 39.8 Å². The predicted molar refractivity (Wildman–Crippen MR) is 86.3 cm³/mol. The zero-order chi connectivity index (χ0) is 17.5. The number of carboxylic acids is 1. The lowest BCUT2D eigenvalue weighted by atomic mass is 10.2. The number of benzene rings is 1. The highest BCUT2D eigenvalue weighted by Crippen LogP contribution is 2.14. The molecule has 2 rings (SSSR count). The molecule has 1 heterocycles. The summed E-state index contributed by atoms with van der Waals surface area (Å²) in [6.07, 6.45) is 1.42. The number of hydrogen-bond donors (Lipinski definition) is 2. The highest BCUT2D eigenvalue weighted by Gasteiger charge is 2.16. The molecule has 0 saturated carbocycles. The van der Waals surface area contributed by atoms with Crippen LogP contribution in [0.5, 0.6) is 0 Å². The van der Waals surface area contributed by atoms with Crippen LogP contribution in [0.3, 0.4) is 0 Å². The van der Waals surface area contributed by atoms with Crippen LogP contribution in [0.25, 0.3) is 6.08 Å². The van der Waals surface area contributed by atoms with Gasteiger partial charge in [0.1, 0.15) is 5.70 Å². The number of carbonyl (C=O) groups excluding carboxylic acids is 3. The standard InChI is InChI=1S/C16H13BrN2O5/c17-13-7-6-12(24-13)16(23)19-11(15(22)18-9-14(20)21)8-10-4-2-1-3-5-10/h1-8H,9H2,(H,18,22)(H,19,23)(H,20,21)/p-1/b11-8+. The lowest BCUT2D eigenvalue weighted by molar-refractivity contribution is -0.303. The normalized spacial score (nSPS) is 11.0. The molecule has 2 N–H and O–H groups in total. The van der Waals surface area contributed by atoms with Crippen LogP contribution in [0.15, 0.2) is 57.2 Å². The van der Waals surface area contributed by atoms with Crippen molar-refractivity contribution in [1.82, 2.24) is 10.6 Å². The van der Waals surface area contributed by atoms with Crippen molar-refractivity contribution in [3.63, 3.8) is 0 Å². The van der Waals surface area contributed by atoms with Crippen LogP contribution in [0.4, 0.5) is 0 Å². The van der Waals surface area contributed by atoms with Gasteiger partial charge in [0.2, 0.25) is 0 Å². The highest BCUT2D eigenvalue weighted by molar-refractivity contribution is 9.10. The number of hydrogen-bond acceptors (Lipinski definition) is 5. The maximum Gasteiger partial charge on any atom is 0.291 e. The van der Waals surface area contributed by atoms with E-state index in [4.69, 9.17) is 4.42 Å². The summed E-state index contributed by atoms with van der Waals surface area (Å²) in [7, 11) is 0. The zero-order valence-electron chi connectivity index (χ0n) is 12.2. The number of amides is 2. The molecule has 0 aliphatic rings. The number of aliphatic carboxylic acids is 1. The molecule has 1 aromatic carbocycles. The molecule has 7 nitrogen and oxygen atoms in total. The second-order valence-electron chi connectivity index (χ2n) is 4.58. The van der Waals surface area contributed by atoms with E-state index in [1.165, 1.54) is 18.2 Å². The van der Waals surface area contributed by atoms with E-state index in [9.17, 15) is 19.5 Å². The number of rotatable bonds is 6. The lowest BCUT2D eigenvalue weighted by Crippen LogP contribution is -2.41. The topological polar surface area (TPSA) is 111 Å². The molecule has 0 unspecified atom stereocenters. The average Bonchev–Trinajstić information content (AvgIpc) is 2.99. The van der Waals surface area contributed by atoms with E-state index in [0.29, 0.717) is 10.2 Å². The molecule has 0 aliphatic heterocycles. The molecule has 0 aliphatic carbocycles. The molecule has 124 valence electrons. The molecule has 0 spiro atoms. The van der Waals surface area contributed by atoms with Gasteiger partial charge in [-0.2, -0.15) is 0 Å². The summed E-state index contributed by atoms with van der Waals surface area (Å²) < 4.78 is 5.48. The minimum absolute atomic E-state index is 0.00598. The fourth-order valence-corrected chi connectivity index (χ4v) is 2.05. The van der Waals surface area contributed by atoms with Crippen molar-refractivity contribution in [3.05, 3.63) is 64.2 Å². The molecule has 24 heavy (non-hydrogen) atoms. The van der Waals surface area contributed by atoms with Gasteiger partial charge in [-0.25, -0.2) is 0 Å². The third-order valence-electron chi connectivity index (χ3n) is 2.79. The van der Waals surface area contributed by atoms with Gasteiger partial charge in [0.25, 0.3) is 11.8 Å². The first-order valence-corrected chi connectivity index (χ1v) is 7.56. The third-order valence-corrected chi connectivity index (χ3v) is 3.22. The second-order valence-corrected chi connectivity index (χ2v) is 5.36. The van der Waals surface area contributed by atoms with Crippen LogP contribution in [-0.4, -0.2) is 24.3 Å². The van der Waals surface area contributed by atoms with Gasteiger partial charge in [-0.3, -0.25) is 9.59 Å². The molecule has 0 fully saturated rings. The molecule has 2 amide bonds. The van der Waals surface area contributed by atoms with E-state index in [0.717, 1.165) is 0 Å². The lowest BCUT2D eigenvalue weighted by Gasteiger charge is -2.10. The van der Waals surface area contributed by atoms with Crippen molar-refractivity contribution in [1.29, 1.82) is 0 Å². The Morgan fingerprint density at radius 2 is 1.83 bits per heavy atom. The van der Waals surface area contributed by atoms with E-state index in [1.54, 1.807) is 30.3 Å². The largest absolute Gasteiger partial charge is 0.548 e. The van der Waals surface area contributed by atoms with Gasteiger partial charge in [-0.1, -0.05) is 30.3 Å². The van der Waals surface area contributed by atoms with Gasteiger partial charge in [0, 0.05) is 0 Å². The van der Waals surface area contributed by atoms with Crippen LogP contribution < -0.4 is 15.7 Å². The van der Waals surface area contributed by atoms with Crippen molar-refractivity contribution < 1.29 is 23.9 Å². The Morgan fingerprint density at radius 1 is 1.12 bits per heavy atom. The molecule has 0 saturated heterocycles. The van der Waals surface area contributed by atoms with Gasteiger partial charge in [-0.15, -0.1) is 0 Å². The fraction of sp³-hybridized carbons (Fsp3) is 0.0625. The maximum absolute atomic E-state index is 12.1. The Hall–Kier alpha value is -2.87. The van der Waals surface area contributed by atoms with Gasteiger partial charge in [0.05, 0.1) is 12.5 Å². The Labute approximate surface area is 145 Å². The SMILES string of the molecule is O=C([O-])CNC(=O)/C(=C\c1ccccc1)NC(=O)c1ccc(Br)o1. The predicted octanol–water partition coefficient (Wildman–Crippen LogP) is 0.679. The van der Waals surface area contributed by atoms with Crippen molar-refractivity contribution in [2.75, 3.05) is 6.54 Å². The Morgan fingerprint density at radius 3 is 2.42 bits per heavy atom. The van der Waals surface area contributed by atoms with Gasteiger partial charge < -0.3 is 25.0 Å². The number of furan rings is 1. The minimum Gasteiger partial charge on any atom is -0.548 e. The molecular weight excluding hydrogens is 380 g/mol. The van der Waals surface area contributed by atoms with Gasteiger partial charge in [-0.05, 0) is 39.7 Å². The fourth-order valence-electron chi connectivity index (χ4n) is 1.74. The average molecular weight is 392 g/mol. The zero-order valence-corrected chi connectivity index (χ0v) is 13.8. The number of nitrogens with one attached hydrogen (secondary N) is 2. The van der Waals surface area contributed by atoms with Crippen molar-refractivity contribution in [2.24, 2.45) is 0 Å². The van der Waals surface area contributed by atoms with E-state index in [-0.39, 0.29) is 11.5 Å². The van der Waals surface area contributed by atoms with Crippen LogP contribution >= 0.6 is 15.9 Å². The Bertz CT molecular complexity index is 783. The van der Waals surface area contributed by atoms with E-state index < -0.39 is 24.3 Å². The molecule has 8 heteroatoms. The summed E-state index contributed by atoms with van der Waals surface area (Å²) in [5.74, 6) is -2.86. The van der Waals surface area contributed by atoms with Crippen molar-refractivity contribution in [2.45, 2.75) is 0 Å². The molecule has 0 bridgehead atoms. The van der Waals surface area contributed by atoms with Crippen LogP contribution in [-0.2, 0) is 9.59 Å². The Kier molecular flexibility index (Phi) is 5.91. The van der Waals surface area contributed by atoms with Crippen LogP contribution in [0, 0.1) is 0 Å². The summed E-state index contributed by atoms with van der Waals surface area (Å²) >= 11 is 3.08. The molecule has 0 atom stereocenters. The number of carboxylic acid groups (broad SMARTS) is 1. The third kappa shape index (κ3) is 5.10. The van der Waals surface area contributed by atoms with E-state index >= 15 is 0 Å². The molecule has 2 aromatic rings. The minimum atomic E-state index is -1.44. The smallest absolute Gasteiger partial charge is 0.291 e. The molecular formula is C16H12BrN2O5-. The van der Waals surface area contributed by atoms with E-state index in [1.807, 2.05) is 0 Å². The van der Waals surface area contributed by atoms with Gasteiger partial charge >= 0.3 is 0 Å². The summed E-state index contributed by atoms with van der Waals surface area (Å²) in [4.78, 5) is 34.7. The Balaban J connectivity index is 2.22. The van der Waals surface area contributed by atoms with E-state index in [2.05, 4.69) is 26.6 Å². The second kappa shape index (κ2) is 8.11. The molecule has 1 aromatic heterocycles. The van der Waals surface area contributed by atoms with Crippen LogP contribution in [0.1, 0.15) is 16.1 Å². The summed E-state index contributed by atoms with van der Waals surface area (Å²) in [5.41, 5.74) is 0.525. The summed E-state index contributed by atoms with van der Waals surface area (Å²) in [6, 6.07) is 11.7. The first kappa shape index (κ1) is 17.5. The quantitative estimate of drug-likeness (QED) is 0.703. The number of carbonyl (C=O) groups is 3. The molecule has 0 radical (unpaired) electrons. The first-order chi connectivity index (χ1) is 11.5. The van der Waals surface area contributed by atoms with Gasteiger partial charge in [0.15, 0.2) is 10.4 Å². The highest BCUT2D eigenvalue weighted by atomic mass is 79.9. The monoisotopic (exact) mass is 391 g/mol. The summed E-state index contributed by atoms with van der Waals surface area (Å²) in [5, 5.41) is 15.0. The number of halogens is 1. The van der Waals surface area contributed by atoms with Crippen molar-refractivity contribution in [3.8, 4) is 0 Å². The first-order valence-electron chi connectivity index (χ1n) is 6.77. The maximum atomic E-state index is 12.1. The summed E-state index contributed by atoms with van der Waals surface area (Å²) in [6.45, 7) is -0.673.